The number of rotatable bonds is 10. The van der Waals surface area contributed by atoms with Gasteiger partial charge in [-0.3, -0.25) is 0 Å². The molecule has 0 bridgehead atoms. The molecular formula is C17H30IN3O2. The summed E-state index contributed by atoms with van der Waals surface area (Å²) in [5, 5.41) is 6.59. The molecule has 0 saturated carbocycles. The molecule has 0 aliphatic carbocycles. The molecule has 1 aromatic carbocycles. The van der Waals surface area contributed by atoms with E-state index in [1.54, 1.807) is 7.11 Å². The summed E-state index contributed by atoms with van der Waals surface area (Å²) in [5.41, 5.74) is 2.37. The predicted octanol–water partition coefficient (Wildman–Crippen LogP) is 2.93. The summed E-state index contributed by atoms with van der Waals surface area (Å²) < 4.78 is 10.6. The molecule has 0 unspecified atom stereocenters. The number of ether oxygens (including phenoxy) is 2. The molecule has 5 nitrogen and oxygen atoms in total. The fraction of sp³-hybridized carbons (Fsp3) is 0.588. The highest BCUT2D eigenvalue weighted by Gasteiger charge is 2.02. The molecule has 6 heteroatoms. The second kappa shape index (κ2) is 14.7. The van der Waals surface area contributed by atoms with Gasteiger partial charge in [-0.15, -0.1) is 24.0 Å². The average Bonchev–Trinajstić information content (AvgIpc) is 2.54. The third kappa shape index (κ3) is 9.78. The quantitative estimate of drug-likeness (QED) is 0.257. The van der Waals surface area contributed by atoms with Crippen molar-refractivity contribution in [3.05, 3.63) is 35.4 Å². The molecule has 0 amide bonds. The van der Waals surface area contributed by atoms with Crippen LogP contribution in [0.15, 0.2) is 29.3 Å². The highest BCUT2D eigenvalue weighted by Crippen LogP contribution is 2.11. The molecule has 0 heterocycles. The van der Waals surface area contributed by atoms with Gasteiger partial charge in [0.1, 0.15) is 0 Å². The van der Waals surface area contributed by atoms with Crippen LogP contribution in [-0.2, 0) is 22.6 Å². The monoisotopic (exact) mass is 435 g/mol. The fourth-order valence-corrected chi connectivity index (χ4v) is 2.04. The van der Waals surface area contributed by atoms with Crippen LogP contribution in [0.5, 0.6) is 0 Å². The Kier molecular flexibility index (Phi) is 14.2. The number of benzene rings is 1. The minimum atomic E-state index is 0. The maximum atomic E-state index is 5.33. The summed E-state index contributed by atoms with van der Waals surface area (Å²) >= 11 is 0. The summed E-state index contributed by atoms with van der Waals surface area (Å²) in [5.74, 6) is 0.839. The van der Waals surface area contributed by atoms with Gasteiger partial charge < -0.3 is 20.1 Å². The van der Waals surface area contributed by atoms with Crippen LogP contribution in [0.4, 0.5) is 0 Å². The van der Waals surface area contributed by atoms with E-state index in [4.69, 9.17) is 9.47 Å². The second-order valence-corrected chi connectivity index (χ2v) is 4.87. The van der Waals surface area contributed by atoms with Gasteiger partial charge >= 0.3 is 0 Å². The third-order valence-electron chi connectivity index (χ3n) is 3.13. The topological polar surface area (TPSA) is 54.9 Å². The van der Waals surface area contributed by atoms with Gasteiger partial charge in [-0.25, -0.2) is 4.99 Å². The Balaban J connectivity index is 0.00000484. The molecule has 132 valence electrons. The van der Waals surface area contributed by atoms with Crippen LogP contribution >= 0.6 is 24.0 Å². The van der Waals surface area contributed by atoms with Gasteiger partial charge in [0, 0.05) is 33.4 Å². The summed E-state index contributed by atoms with van der Waals surface area (Å²) in [6.45, 7) is 8.57. The van der Waals surface area contributed by atoms with Crippen molar-refractivity contribution in [2.75, 3.05) is 33.4 Å². The Labute approximate surface area is 157 Å². The van der Waals surface area contributed by atoms with E-state index < -0.39 is 0 Å². The van der Waals surface area contributed by atoms with E-state index in [-0.39, 0.29) is 24.0 Å². The minimum Gasteiger partial charge on any atom is -0.382 e. The summed E-state index contributed by atoms with van der Waals surface area (Å²) in [6, 6.07) is 8.23. The van der Waals surface area contributed by atoms with Gasteiger partial charge in [-0.05, 0) is 31.4 Å². The molecule has 2 N–H and O–H groups in total. The van der Waals surface area contributed by atoms with Gasteiger partial charge in [0.2, 0.25) is 0 Å². The van der Waals surface area contributed by atoms with Crippen LogP contribution in [-0.4, -0.2) is 39.4 Å². The zero-order valence-electron chi connectivity index (χ0n) is 14.4. The van der Waals surface area contributed by atoms with Crippen molar-refractivity contribution >= 4 is 29.9 Å². The smallest absolute Gasteiger partial charge is 0.191 e. The zero-order valence-corrected chi connectivity index (χ0v) is 16.8. The Morgan fingerprint density at radius 3 is 2.52 bits per heavy atom. The number of methoxy groups -OCH3 is 1. The molecule has 1 rings (SSSR count). The number of halogens is 1. The molecule has 1 aromatic rings. The summed E-state index contributed by atoms with van der Waals surface area (Å²) in [6.07, 6.45) is 0.971. The normalized spacial score (nSPS) is 11.0. The van der Waals surface area contributed by atoms with Crippen molar-refractivity contribution in [3.63, 3.8) is 0 Å². The van der Waals surface area contributed by atoms with E-state index in [1.807, 2.05) is 19.1 Å². The summed E-state index contributed by atoms with van der Waals surface area (Å²) in [4.78, 5) is 4.64. The van der Waals surface area contributed by atoms with Gasteiger partial charge in [0.25, 0.3) is 0 Å². The Morgan fingerprint density at radius 1 is 1.13 bits per heavy atom. The highest BCUT2D eigenvalue weighted by molar-refractivity contribution is 14.0. The van der Waals surface area contributed by atoms with Crippen LogP contribution in [0, 0.1) is 0 Å². The van der Waals surface area contributed by atoms with E-state index in [2.05, 4.69) is 34.7 Å². The maximum absolute atomic E-state index is 5.33. The number of aliphatic imine (C=N–C) groups is 1. The van der Waals surface area contributed by atoms with Gasteiger partial charge in [0.05, 0.1) is 13.2 Å². The van der Waals surface area contributed by atoms with Crippen molar-refractivity contribution < 1.29 is 9.47 Å². The lowest BCUT2D eigenvalue weighted by atomic mass is 10.1. The molecule has 0 atom stereocenters. The number of nitrogens with one attached hydrogen (secondary N) is 2. The molecular weight excluding hydrogens is 405 g/mol. The van der Waals surface area contributed by atoms with E-state index in [0.29, 0.717) is 13.2 Å². The average molecular weight is 435 g/mol. The first-order valence-corrected chi connectivity index (χ1v) is 7.97. The maximum Gasteiger partial charge on any atom is 0.191 e. The first-order valence-electron chi connectivity index (χ1n) is 7.97. The number of hydrogen-bond donors (Lipinski definition) is 2. The molecule has 0 fully saturated rings. The molecule has 0 aliphatic rings. The van der Waals surface area contributed by atoms with Gasteiger partial charge in [-0.2, -0.15) is 0 Å². The largest absolute Gasteiger partial charge is 0.382 e. The van der Waals surface area contributed by atoms with Crippen molar-refractivity contribution in [2.24, 2.45) is 4.99 Å². The lowest BCUT2D eigenvalue weighted by molar-refractivity contribution is 0.145. The van der Waals surface area contributed by atoms with Gasteiger partial charge in [-0.1, -0.05) is 24.3 Å². The van der Waals surface area contributed by atoms with Crippen molar-refractivity contribution in [2.45, 2.75) is 33.4 Å². The van der Waals surface area contributed by atoms with E-state index >= 15 is 0 Å². The van der Waals surface area contributed by atoms with Crippen LogP contribution in [0.2, 0.25) is 0 Å². The Morgan fingerprint density at radius 2 is 1.87 bits per heavy atom. The van der Waals surface area contributed by atoms with E-state index in [9.17, 15) is 0 Å². The Hall–Kier alpha value is -0.860. The first kappa shape index (κ1) is 22.1. The van der Waals surface area contributed by atoms with Crippen LogP contribution in [0.1, 0.15) is 31.4 Å². The van der Waals surface area contributed by atoms with Crippen molar-refractivity contribution in [1.82, 2.24) is 10.6 Å². The van der Waals surface area contributed by atoms with Crippen LogP contribution in [0.3, 0.4) is 0 Å². The second-order valence-electron chi connectivity index (χ2n) is 4.87. The van der Waals surface area contributed by atoms with Gasteiger partial charge in [0.15, 0.2) is 5.96 Å². The summed E-state index contributed by atoms with van der Waals surface area (Å²) in [7, 11) is 1.71. The molecule has 0 radical (unpaired) electrons. The number of guanidine groups is 1. The van der Waals surface area contributed by atoms with Crippen LogP contribution < -0.4 is 10.6 Å². The molecule has 0 aromatic heterocycles. The lowest BCUT2D eigenvalue weighted by Gasteiger charge is -2.12. The Bertz CT molecular complexity index is 442. The minimum absolute atomic E-state index is 0. The first-order chi connectivity index (χ1) is 10.8. The van der Waals surface area contributed by atoms with Crippen molar-refractivity contribution in [3.8, 4) is 0 Å². The highest BCUT2D eigenvalue weighted by atomic mass is 127. The predicted molar refractivity (Wildman–Crippen MR) is 106 cm³/mol. The molecule has 0 saturated heterocycles. The van der Waals surface area contributed by atoms with E-state index in [0.717, 1.165) is 38.7 Å². The fourth-order valence-electron chi connectivity index (χ4n) is 2.04. The third-order valence-corrected chi connectivity index (χ3v) is 3.13. The lowest BCUT2D eigenvalue weighted by Crippen LogP contribution is -2.38. The standard InChI is InChI=1S/C17H29N3O2.HI/c1-4-18-17(19-11-8-12-22-5-2)20-13-15-9-6-7-10-16(15)14-21-3;/h6-7,9-10H,4-5,8,11-14H2,1-3H3,(H2,18,19,20);1H. The molecule has 0 aliphatic heterocycles. The SMILES string of the molecule is CCNC(=NCc1ccccc1COC)NCCCOCC.I. The van der Waals surface area contributed by atoms with Crippen LogP contribution in [0.25, 0.3) is 0 Å². The zero-order chi connectivity index (χ0) is 16.0. The number of hydrogen-bond acceptors (Lipinski definition) is 3. The molecule has 23 heavy (non-hydrogen) atoms. The molecule has 0 spiro atoms. The number of nitrogens with zero attached hydrogens (tertiary/aromatic N) is 1. The van der Waals surface area contributed by atoms with Crippen molar-refractivity contribution in [1.29, 1.82) is 0 Å². The van der Waals surface area contributed by atoms with E-state index in [1.165, 1.54) is 11.1 Å².